The Morgan fingerprint density at radius 3 is 2.65 bits per heavy atom. The highest BCUT2D eigenvalue weighted by Crippen LogP contribution is 2.24. The lowest BCUT2D eigenvalue weighted by molar-refractivity contribution is 1.47. The van der Waals surface area contributed by atoms with E-state index in [0.717, 1.165) is 10.5 Å². The smallest absolute Gasteiger partial charge is 0.117 e. The van der Waals surface area contributed by atoms with Crippen molar-refractivity contribution < 1.29 is 0 Å². The summed E-state index contributed by atoms with van der Waals surface area (Å²) >= 11 is 3.53. The number of fused-ring (bicyclic) bond motifs is 1. The van der Waals surface area contributed by atoms with E-state index >= 15 is 0 Å². The zero-order valence-corrected chi connectivity index (χ0v) is 11.0. The Labute approximate surface area is 108 Å². The highest BCUT2D eigenvalue weighted by Gasteiger charge is 1.99. The lowest BCUT2D eigenvalue weighted by Crippen LogP contribution is -1.67. The van der Waals surface area contributed by atoms with E-state index in [9.17, 15) is 0 Å². The van der Waals surface area contributed by atoms with Gasteiger partial charge in [-0.25, -0.2) is 4.98 Å². The molecule has 0 aliphatic carbocycles. The molecule has 0 radical (unpaired) electrons. The molecule has 0 spiro atoms. The molecular weight excluding hydrogens is 246 g/mol. The monoisotopic (exact) mass is 257 g/mol. The van der Waals surface area contributed by atoms with Crippen LogP contribution in [-0.4, -0.2) is 4.98 Å². The molecule has 0 unspecified atom stereocenters. The molecule has 3 heteroatoms. The number of nitrogens with zero attached hydrogens (tertiary/aromatic N) is 1. The number of rotatable bonds is 2. The molecule has 0 fully saturated rings. The molecule has 3 rings (SSSR count). The first-order chi connectivity index (χ1) is 8.31. The summed E-state index contributed by atoms with van der Waals surface area (Å²) in [4.78, 5) is 7.19. The van der Waals surface area contributed by atoms with Crippen molar-refractivity contribution in [1.82, 2.24) is 4.98 Å². The van der Waals surface area contributed by atoms with Gasteiger partial charge in [0.05, 0.1) is 10.2 Å². The molecule has 0 saturated carbocycles. The molecular formula is C14H11NS2. The molecule has 0 aliphatic rings. The molecule has 3 aromatic rings. The van der Waals surface area contributed by atoms with E-state index in [1.54, 1.807) is 22.7 Å². The van der Waals surface area contributed by atoms with Crippen molar-refractivity contribution in [3.63, 3.8) is 0 Å². The summed E-state index contributed by atoms with van der Waals surface area (Å²) in [6, 6.07) is 12.5. The largest absolute Gasteiger partial charge is 0.237 e. The minimum Gasteiger partial charge on any atom is -0.237 e. The molecule has 2 heterocycles. The molecule has 17 heavy (non-hydrogen) atoms. The van der Waals surface area contributed by atoms with Gasteiger partial charge in [-0.1, -0.05) is 12.1 Å². The van der Waals surface area contributed by atoms with Gasteiger partial charge in [0.15, 0.2) is 0 Å². The number of para-hydroxylation sites is 1. The predicted molar refractivity (Wildman–Crippen MR) is 77.6 cm³/mol. The fourth-order valence-corrected chi connectivity index (χ4v) is 3.31. The van der Waals surface area contributed by atoms with Crippen LogP contribution in [0.3, 0.4) is 0 Å². The maximum atomic E-state index is 4.57. The second kappa shape index (κ2) is 4.43. The molecule has 0 atom stereocenters. The van der Waals surface area contributed by atoms with Gasteiger partial charge in [-0.15, -0.1) is 22.7 Å². The van der Waals surface area contributed by atoms with Crippen LogP contribution in [0.15, 0.2) is 36.4 Å². The SMILES string of the molecule is Cc1ccc(/C=C/c2nc3ccccc3s2)s1. The van der Waals surface area contributed by atoms with Gasteiger partial charge >= 0.3 is 0 Å². The Kier molecular flexibility index (Phi) is 2.79. The summed E-state index contributed by atoms with van der Waals surface area (Å²) in [5, 5.41) is 1.07. The number of aryl methyl sites for hydroxylation is 1. The summed E-state index contributed by atoms with van der Waals surface area (Å²) < 4.78 is 1.24. The van der Waals surface area contributed by atoms with Crippen LogP contribution in [0.2, 0.25) is 0 Å². The van der Waals surface area contributed by atoms with Crippen LogP contribution in [0.5, 0.6) is 0 Å². The zero-order chi connectivity index (χ0) is 11.7. The molecule has 84 valence electrons. The van der Waals surface area contributed by atoms with E-state index < -0.39 is 0 Å². The first-order valence-electron chi connectivity index (χ1n) is 5.41. The number of hydrogen-bond donors (Lipinski definition) is 0. The average molecular weight is 257 g/mol. The average Bonchev–Trinajstić information content (AvgIpc) is 2.91. The topological polar surface area (TPSA) is 12.9 Å². The van der Waals surface area contributed by atoms with E-state index in [4.69, 9.17) is 0 Å². The van der Waals surface area contributed by atoms with Crippen molar-refractivity contribution in [2.75, 3.05) is 0 Å². The van der Waals surface area contributed by atoms with Crippen LogP contribution >= 0.6 is 22.7 Å². The second-order valence-electron chi connectivity index (χ2n) is 3.80. The number of thiophene rings is 1. The summed E-state index contributed by atoms with van der Waals surface area (Å²) in [5.74, 6) is 0. The van der Waals surface area contributed by atoms with Crippen molar-refractivity contribution in [3.8, 4) is 0 Å². The van der Waals surface area contributed by atoms with Crippen molar-refractivity contribution in [2.45, 2.75) is 6.92 Å². The second-order valence-corrected chi connectivity index (χ2v) is 6.18. The van der Waals surface area contributed by atoms with E-state index in [1.165, 1.54) is 14.5 Å². The molecule has 0 bridgehead atoms. The van der Waals surface area contributed by atoms with Crippen molar-refractivity contribution in [3.05, 3.63) is 51.2 Å². The van der Waals surface area contributed by atoms with Crippen molar-refractivity contribution in [1.29, 1.82) is 0 Å². The molecule has 2 aromatic heterocycles. The Balaban J connectivity index is 1.92. The van der Waals surface area contributed by atoms with E-state index in [1.807, 2.05) is 6.07 Å². The lowest BCUT2D eigenvalue weighted by Gasteiger charge is -1.82. The van der Waals surface area contributed by atoms with Gasteiger partial charge in [0, 0.05) is 9.75 Å². The fraction of sp³-hybridized carbons (Fsp3) is 0.0714. The molecule has 0 amide bonds. The van der Waals surface area contributed by atoms with Crippen LogP contribution < -0.4 is 0 Å². The van der Waals surface area contributed by atoms with Crippen LogP contribution in [0, 0.1) is 6.92 Å². The fourth-order valence-electron chi connectivity index (χ4n) is 1.66. The third kappa shape index (κ3) is 2.30. The first kappa shape index (κ1) is 10.7. The normalized spacial score (nSPS) is 11.6. The highest BCUT2D eigenvalue weighted by atomic mass is 32.1. The number of thiazole rings is 1. The van der Waals surface area contributed by atoms with Crippen LogP contribution in [0.4, 0.5) is 0 Å². The van der Waals surface area contributed by atoms with Gasteiger partial charge in [0.2, 0.25) is 0 Å². The maximum absolute atomic E-state index is 4.57. The van der Waals surface area contributed by atoms with Gasteiger partial charge < -0.3 is 0 Å². The lowest BCUT2D eigenvalue weighted by atomic mass is 10.3. The Bertz CT molecular complexity index is 643. The van der Waals surface area contributed by atoms with E-state index in [0.29, 0.717) is 0 Å². The van der Waals surface area contributed by atoms with Crippen molar-refractivity contribution >= 4 is 45.0 Å². The molecule has 1 aromatic carbocycles. The Hall–Kier alpha value is -1.45. The molecule has 0 saturated heterocycles. The summed E-state index contributed by atoms with van der Waals surface area (Å²) in [5.41, 5.74) is 1.08. The van der Waals surface area contributed by atoms with Gasteiger partial charge in [0.1, 0.15) is 5.01 Å². The van der Waals surface area contributed by atoms with Gasteiger partial charge in [-0.2, -0.15) is 0 Å². The third-order valence-corrected chi connectivity index (χ3v) is 4.43. The Morgan fingerprint density at radius 1 is 1.00 bits per heavy atom. The van der Waals surface area contributed by atoms with Gasteiger partial charge in [-0.3, -0.25) is 0 Å². The minimum absolute atomic E-state index is 1.07. The Morgan fingerprint density at radius 2 is 1.88 bits per heavy atom. The zero-order valence-electron chi connectivity index (χ0n) is 9.38. The maximum Gasteiger partial charge on any atom is 0.117 e. The summed E-state index contributed by atoms with van der Waals surface area (Å²) in [6.45, 7) is 2.12. The summed E-state index contributed by atoms with van der Waals surface area (Å²) in [7, 11) is 0. The number of aromatic nitrogens is 1. The first-order valence-corrected chi connectivity index (χ1v) is 7.05. The number of hydrogen-bond acceptors (Lipinski definition) is 3. The van der Waals surface area contributed by atoms with Crippen LogP contribution in [-0.2, 0) is 0 Å². The number of benzene rings is 1. The van der Waals surface area contributed by atoms with Gasteiger partial charge in [-0.05, 0) is 43.3 Å². The standard InChI is InChI=1S/C14H11NS2/c1-10-6-7-11(16-10)8-9-14-15-12-4-2-3-5-13(12)17-14/h2-9H,1H3/b9-8+. The molecule has 1 nitrogen and oxygen atoms in total. The predicted octanol–water partition coefficient (Wildman–Crippen LogP) is 4.84. The van der Waals surface area contributed by atoms with Crippen molar-refractivity contribution in [2.24, 2.45) is 0 Å². The van der Waals surface area contributed by atoms with E-state index in [-0.39, 0.29) is 0 Å². The quantitative estimate of drug-likeness (QED) is 0.640. The van der Waals surface area contributed by atoms with Crippen LogP contribution in [0.25, 0.3) is 22.4 Å². The molecule has 0 aliphatic heterocycles. The molecule has 0 N–H and O–H groups in total. The van der Waals surface area contributed by atoms with Crippen LogP contribution in [0.1, 0.15) is 14.8 Å². The minimum atomic E-state index is 1.07. The van der Waals surface area contributed by atoms with Gasteiger partial charge in [0.25, 0.3) is 0 Å². The summed E-state index contributed by atoms with van der Waals surface area (Å²) in [6.07, 6.45) is 4.23. The van der Waals surface area contributed by atoms with E-state index in [2.05, 4.69) is 54.4 Å². The third-order valence-electron chi connectivity index (χ3n) is 2.46. The highest BCUT2D eigenvalue weighted by molar-refractivity contribution is 7.19.